The number of carboxylic acid groups (broad SMARTS) is 2. The number of likely N-dealkylation sites (tertiary alicyclic amines) is 2. The molecular formula is C30H50N2O14. The van der Waals surface area contributed by atoms with Gasteiger partial charge in [0.2, 0.25) is 0 Å². The molecule has 0 aromatic heterocycles. The number of ether oxygens (including phenoxy) is 4. The summed E-state index contributed by atoms with van der Waals surface area (Å²) in [6.45, 7) is 10.1. The Bertz CT molecular complexity index is 1080. The lowest BCUT2D eigenvalue weighted by Crippen LogP contribution is -2.48. The summed E-state index contributed by atoms with van der Waals surface area (Å²) >= 11 is 0. The van der Waals surface area contributed by atoms with Gasteiger partial charge in [0.1, 0.15) is 23.3 Å². The van der Waals surface area contributed by atoms with E-state index < -0.39 is 77.7 Å². The first-order valence-corrected chi connectivity index (χ1v) is 15.1. The van der Waals surface area contributed by atoms with Crippen molar-refractivity contribution < 1.29 is 68.1 Å². The molecule has 2 saturated heterocycles. The predicted molar refractivity (Wildman–Crippen MR) is 160 cm³/mol. The van der Waals surface area contributed by atoms with E-state index in [-0.39, 0.29) is 44.5 Å². The highest BCUT2D eigenvalue weighted by Crippen LogP contribution is 2.32. The Morgan fingerprint density at radius 1 is 0.674 bits per heavy atom. The van der Waals surface area contributed by atoms with Crippen molar-refractivity contribution in [2.45, 2.75) is 140 Å². The Labute approximate surface area is 268 Å². The lowest BCUT2D eigenvalue weighted by atomic mass is 10.0. The monoisotopic (exact) mass is 662 g/mol. The van der Waals surface area contributed by atoms with Crippen LogP contribution in [0.1, 0.15) is 92.9 Å². The molecule has 0 aromatic rings. The number of methoxy groups -OCH3 is 2. The van der Waals surface area contributed by atoms with Crippen LogP contribution in [-0.2, 0) is 38.1 Å². The molecule has 2 heterocycles. The maximum atomic E-state index is 12.5. The van der Waals surface area contributed by atoms with Crippen molar-refractivity contribution in [2.24, 2.45) is 0 Å². The molecule has 4 N–H and O–H groups in total. The van der Waals surface area contributed by atoms with Crippen LogP contribution in [0, 0.1) is 0 Å². The normalized spacial score (nSPS) is 24.4. The number of nitrogens with zero attached hydrogens (tertiary/aromatic N) is 2. The SMILES string of the molecule is CC(C)(C)OC(=O)N1[C@H](CCCC(=O)O)[C@H](O)C[C@H]1C(=O)O.COC(=O)CCC[C@@H]1[C@H](O)C[C@@H](C(=O)OC)N1C(=O)OC(C)(C)C. The van der Waals surface area contributed by atoms with Gasteiger partial charge in [-0.2, -0.15) is 0 Å². The van der Waals surface area contributed by atoms with E-state index in [1.54, 1.807) is 41.5 Å². The molecule has 16 nitrogen and oxygen atoms in total. The van der Waals surface area contributed by atoms with Crippen LogP contribution in [0.2, 0.25) is 0 Å². The molecule has 16 heteroatoms. The van der Waals surface area contributed by atoms with Crippen LogP contribution < -0.4 is 0 Å². The first kappa shape index (κ1) is 40.4. The molecule has 0 aliphatic carbocycles. The Morgan fingerprint density at radius 2 is 1.09 bits per heavy atom. The zero-order chi connectivity index (χ0) is 35.6. The number of carbonyl (C=O) groups is 6. The molecule has 2 fully saturated rings. The van der Waals surface area contributed by atoms with Crippen molar-refractivity contribution in [3.8, 4) is 0 Å². The van der Waals surface area contributed by atoms with E-state index >= 15 is 0 Å². The number of carboxylic acids is 2. The maximum Gasteiger partial charge on any atom is 0.411 e. The van der Waals surface area contributed by atoms with Crippen molar-refractivity contribution in [1.29, 1.82) is 0 Å². The Hall–Kier alpha value is -3.66. The molecule has 2 rings (SSSR count). The van der Waals surface area contributed by atoms with Gasteiger partial charge in [0.05, 0.1) is 38.5 Å². The average molecular weight is 663 g/mol. The van der Waals surface area contributed by atoms with Gasteiger partial charge in [0.25, 0.3) is 0 Å². The highest BCUT2D eigenvalue weighted by Gasteiger charge is 2.49. The summed E-state index contributed by atoms with van der Waals surface area (Å²) < 4.78 is 19.9. The highest BCUT2D eigenvalue weighted by atomic mass is 16.6. The third-order valence-corrected chi connectivity index (χ3v) is 7.17. The number of rotatable bonds is 10. The van der Waals surface area contributed by atoms with E-state index in [2.05, 4.69) is 4.74 Å². The second-order valence-corrected chi connectivity index (χ2v) is 13.2. The lowest BCUT2D eigenvalue weighted by Gasteiger charge is -2.31. The van der Waals surface area contributed by atoms with E-state index in [0.29, 0.717) is 12.8 Å². The van der Waals surface area contributed by atoms with Crippen LogP contribution in [-0.4, -0.2) is 128 Å². The number of amides is 2. The lowest BCUT2D eigenvalue weighted by molar-refractivity contribution is -0.146. The van der Waals surface area contributed by atoms with Crippen molar-refractivity contribution in [2.75, 3.05) is 14.2 Å². The van der Waals surface area contributed by atoms with E-state index in [4.69, 9.17) is 19.3 Å². The first-order valence-electron chi connectivity index (χ1n) is 15.1. The summed E-state index contributed by atoms with van der Waals surface area (Å²) in [7, 11) is 2.53. The summed E-state index contributed by atoms with van der Waals surface area (Å²) in [5.41, 5.74) is -1.53. The number of aliphatic hydroxyl groups excluding tert-OH is 2. The molecule has 2 amide bonds. The smallest absolute Gasteiger partial charge is 0.411 e. The minimum atomic E-state index is -1.22. The quantitative estimate of drug-likeness (QED) is 0.194. The van der Waals surface area contributed by atoms with Gasteiger partial charge >= 0.3 is 36.1 Å². The number of aliphatic hydroxyl groups is 2. The van der Waals surface area contributed by atoms with Gasteiger partial charge in [-0.3, -0.25) is 19.4 Å². The summed E-state index contributed by atoms with van der Waals surface area (Å²) in [4.78, 5) is 72.0. The van der Waals surface area contributed by atoms with E-state index in [1.165, 1.54) is 19.1 Å². The molecule has 0 spiro atoms. The summed E-state index contributed by atoms with van der Waals surface area (Å²) in [5, 5.41) is 38.2. The van der Waals surface area contributed by atoms with Gasteiger partial charge in [0.15, 0.2) is 0 Å². The highest BCUT2D eigenvalue weighted by molar-refractivity contribution is 5.83. The fourth-order valence-electron chi connectivity index (χ4n) is 5.23. The van der Waals surface area contributed by atoms with Crippen LogP contribution >= 0.6 is 0 Å². The average Bonchev–Trinajstić information content (AvgIpc) is 3.43. The molecule has 2 aliphatic heterocycles. The molecule has 46 heavy (non-hydrogen) atoms. The summed E-state index contributed by atoms with van der Waals surface area (Å²) in [6.07, 6.45) is -2.13. The third kappa shape index (κ3) is 12.6. The summed E-state index contributed by atoms with van der Waals surface area (Å²) in [6, 6.07) is -3.44. The van der Waals surface area contributed by atoms with Crippen molar-refractivity contribution in [1.82, 2.24) is 9.80 Å². The number of hydrogen-bond acceptors (Lipinski definition) is 12. The van der Waals surface area contributed by atoms with E-state index in [9.17, 15) is 44.1 Å². The molecule has 6 atom stereocenters. The fraction of sp³-hybridized carbons (Fsp3) is 0.800. The third-order valence-electron chi connectivity index (χ3n) is 7.17. The van der Waals surface area contributed by atoms with Crippen molar-refractivity contribution >= 4 is 36.1 Å². The van der Waals surface area contributed by atoms with Crippen LogP contribution in [0.25, 0.3) is 0 Å². The van der Waals surface area contributed by atoms with Gasteiger partial charge in [-0.15, -0.1) is 0 Å². The Morgan fingerprint density at radius 3 is 1.46 bits per heavy atom. The Balaban J connectivity index is 0.000000462. The minimum absolute atomic E-state index is 0.0782. The van der Waals surface area contributed by atoms with Gasteiger partial charge in [-0.05, 0) is 67.2 Å². The molecule has 2 aliphatic rings. The largest absolute Gasteiger partial charge is 0.481 e. The maximum absolute atomic E-state index is 12.5. The molecule has 0 saturated carbocycles. The summed E-state index contributed by atoms with van der Waals surface area (Å²) in [5.74, 6) is -3.16. The minimum Gasteiger partial charge on any atom is -0.481 e. The van der Waals surface area contributed by atoms with Crippen molar-refractivity contribution in [3.63, 3.8) is 0 Å². The fourth-order valence-corrected chi connectivity index (χ4v) is 5.23. The Kier molecular flexibility index (Phi) is 15.2. The van der Waals surface area contributed by atoms with Gasteiger partial charge in [-0.25, -0.2) is 19.2 Å². The molecule has 0 radical (unpaired) electrons. The number of aliphatic carboxylic acids is 2. The number of carbonyl (C=O) groups excluding carboxylic acids is 4. The van der Waals surface area contributed by atoms with E-state index in [0.717, 1.165) is 4.90 Å². The zero-order valence-electron chi connectivity index (χ0n) is 27.9. The molecule has 264 valence electrons. The molecular weight excluding hydrogens is 612 g/mol. The topological polar surface area (TPSA) is 227 Å². The van der Waals surface area contributed by atoms with Crippen LogP contribution in [0.5, 0.6) is 0 Å². The van der Waals surface area contributed by atoms with Gasteiger partial charge in [-0.1, -0.05) is 0 Å². The van der Waals surface area contributed by atoms with Gasteiger partial charge in [0, 0.05) is 25.7 Å². The van der Waals surface area contributed by atoms with E-state index in [1.807, 2.05) is 0 Å². The van der Waals surface area contributed by atoms with Crippen LogP contribution in [0.3, 0.4) is 0 Å². The second kappa shape index (κ2) is 17.3. The van der Waals surface area contributed by atoms with Gasteiger partial charge < -0.3 is 39.4 Å². The predicted octanol–water partition coefficient (Wildman–Crippen LogP) is 2.31. The number of esters is 2. The first-order chi connectivity index (χ1) is 21.1. The number of hydrogen-bond donors (Lipinski definition) is 4. The second-order valence-electron chi connectivity index (χ2n) is 13.2. The molecule has 0 unspecified atom stereocenters. The van der Waals surface area contributed by atoms with Crippen molar-refractivity contribution in [3.05, 3.63) is 0 Å². The molecule has 0 bridgehead atoms. The van der Waals surface area contributed by atoms with Crippen LogP contribution in [0.4, 0.5) is 9.59 Å². The molecule has 0 aromatic carbocycles. The standard InChI is InChI=1S/C16H27NO7.C14H23NO7/c1-16(2,3)24-15(21)17-10(7-6-8-13(19)22-4)12(18)9-11(17)14(20)23-5;1-14(2,3)22-13(21)15-8(5-4-6-11(17)18)10(16)7-9(15)12(19)20/h10-12,18H,6-9H2,1-5H3;8-10,16H,4-7H2,1-3H3,(H,17,18)(H,19,20)/t10-,11+,12-;8-,9+,10-/m11/s1. The van der Waals surface area contributed by atoms with Crippen LogP contribution in [0.15, 0.2) is 0 Å². The zero-order valence-corrected chi connectivity index (χ0v) is 27.9.